The number of rotatable bonds is 2. The second-order valence-electron chi connectivity index (χ2n) is 1.14. The maximum atomic E-state index is 7.14. The molecule has 0 heterocycles. The molecule has 0 saturated carbocycles. The number of hydrogen-bond acceptors (Lipinski definition) is 1. The van der Waals surface area contributed by atoms with Crippen LogP contribution in [-0.4, -0.2) is 21.4 Å². The van der Waals surface area contributed by atoms with Crippen LogP contribution in [0.2, 0.25) is 0 Å². The topological polar surface area (TPSA) is 20.2 Å². The van der Waals surface area contributed by atoms with Gasteiger partial charge in [0.15, 0.2) is 0 Å². The van der Waals surface area contributed by atoms with E-state index >= 15 is 0 Å². The highest BCUT2D eigenvalue weighted by molar-refractivity contribution is 7.16. The van der Waals surface area contributed by atoms with Crippen LogP contribution in [0.4, 0.5) is 0 Å². The molecular weight excluding hydrogens is 123 g/mol. The van der Waals surface area contributed by atoms with E-state index in [0.29, 0.717) is 10.5 Å². The van der Waals surface area contributed by atoms with E-state index in [1.54, 1.807) is 0 Å². The van der Waals surface area contributed by atoms with Crippen molar-refractivity contribution >= 4 is 19.7 Å². The van der Waals surface area contributed by atoms with E-state index in [-0.39, 0.29) is 0 Å². The van der Waals surface area contributed by atoms with Gasteiger partial charge in [-0.25, -0.2) is 0 Å². The first kappa shape index (κ1) is 10.6. The predicted molar refractivity (Wildman–Crippen MR) is 41.6 cm³/mol. The zero-order chi connectivity index (χ0) is 6.12. The van der Waals surface area contributed by atoms with E-state index in [0.717, 1.165) is 0 Å². The number of unbranched alkanes of at least 4 members (excludes halogenated alkanes) is 1. The summed E-state index contributed by atoms with van der Waals surface area (Å²) in [5, 5.41) is 0. The summed E-state index contributed by atoms with van der Waals surface area (Å²) in [6, 6.07) is 0. The van der Waals surface area contributed by atoms with Gasteiger partial charge in [-0.05, 0) is 6.16 Å². The average Bonchev–Trinajstić information content (AvgIpc) is 1.75. The van der Waals surface area contributed by atoms with Gasteiger partial charge < -0.3 is 4.80 Å². The molecule has 0 aliphatic carbocycles. The van der Waals surface area contributed by atoms with E-state index in [1.807, 2.05) is 0 Å². The average molecular weight is 138 g/mol. The van der Waals surface area contributed by atoms with Crippen molar-refractivity contribution in [1.82, 2.24) is 0 Å². The monoisotopic (exact) mass is 138 g/mol. The van der Waals surface area contributed by atoms with Crippen molar-refractivity contribution in [2.45, 2.75) is 19.8 Å². The molecule has 1 unspecified atom stereocenters. The maximum absolute atomic E-state index is 7.14. The van der Waals surface area contributed by atoms with Gasteiger partial charge in [-0.3, -0.25) is 0 Å². The first-order valence-electron chi connectivity index (χ1n) is 2.56. The fraction of sp³-hybridized carbons (Fsp3) is 1.00. The Kier molecular flexibility index (Phi) is 24.1. The van der Waals surface area contributed by atoms with Crippen LogP contribution in [0.15, 0.2) is 0 Å². The Morgan fingerprint density at radius 1 is 1.57 bits per heavy atom. The summed E-state index contributed by atoms with van der Waals surface area (Å²) in [6.07, 6.45) is 3.94. The van der Waals surface area contributed by atoms with Crippen molar-refractivity contribution in [3.63, 3.8) is 0 Å². The Labute approximate surface area is 51.3 Å². The summed E-state index contributed by atoms with van der Waals surface area (Å²) in [4.78, 5) is 7.14. The van der Waals surface area contributed by atoms with Gasteiger partial charge in [-0.1, -0.05) is 19.8 Å². The summed E-state index contributed by atoms with van der Waals surface area (Å²) in [7, 11) is 3.01. The van der Waals surface area contributed by atoms with Crippen LogP contribution in [0.3, 0.4) is 0 Å². The van der Waals surface area contributed by atoms with E-state index in [9.17, 15) is 0 Å². The molecule has 0 aromatic carbocycles. The van der Waals surface area contributed by atoms with Gasteiger partial charge in [-0.15, -0.1) is 9.24 Å². The van der Waals surface area contributed by atoms with E-state index < -0.39 is 0 Å². The van der Waals surface area contributed by atoms with Crippen LogP contribution in [-0.2, 0) is 0 Å². The molecule has 0 radical (unpaired) electrons. The molecule has 0 aromatic rings. The summed E-state index contributed by atoms with van der Waals surface area (Å²) in [6.45, 7) is 2.20. The Morgan fingerprint density at radius 3 is 2.00 bits per heavy atom. The molecule has 1 N–H and O–H groups in total. The molecule has 0 aliphatic rings. The largest absolute Gasteiger partial charge is 0.442 e. The summed E-state index contributed by atoms with van der Waals surface area (Å²) < 4.78 is 0. The molecule has 0 saturated heterocycles. The van der Waals surface area contributed by atoms with E-state index in [1.165, 1.54) is 19.0 Å². The first-order valence-corrected chi connectivity index (χ1v) is 4.27. The third-order valence-electron chi connectivity index (χ3n) is 0.558. The van der Waals surface area contributed by atoms with Crippen LogP contribution in [0.25, 0.3) is 0 Å². The Morgan fingerprint density at radius 2 is 2.00 bits per heavy atom. The van der Waals surface area contributed by atoms with Crippen molar-refractivity contribution in [1.29, 1.82) is 0 Å². The minimum absolute atomic E-state index is 0.306. The maximum Gasteiger partial charge on any atom is 0.141 e. The molecule has 0 fully saturated rings. The quantitative estimate of drug-likeness (QED) is 0.418. The van der Waals surface area contributed by atoms with Crippen LogP contribution in [0.5, 0.6) is 0 Å². The normalized spacial score (nSPS) is 7.29. The Bertz CT molecular complexity index is 19.2. The smallest absolute Gasteiger partial charge is 0.141 e. The first-order chi connectivity index (χ1) is 3.41. The molecule has 0 rings (SSSR count). The van der Waals surface area contributed by atoms with Gasteiger partial charge in [0.05, 0.1) is 0 Å². The molecule has 46 valence electrons. The minimum Gasteiger partial charge on any atom is -0.442 e. The lowest BCUT2D eigenvalue weighted by Crippen LogP contribution is -1.64. The zero-order valence-electron chi connectivity index (χ0n) is 5.15. The van der Waals surface area contributed by atoms with Gasteiger partial charge in [0.2, 0.25) is 0 Å². The van der Waals surface area contributed by atoms with Crippen molar-refractivity contribution in [3.8, 4) is 0 Å². The second-order valence-corrected chi connectivity index (χ2v) is 1.72. The Balaban J connectivity index is 0. The summed E-state index contributed by atoms with van der Waals surface area (Å²) >= 11 is 0. The van der Waals surface area contributed by atoms with Crippen molar-refractivity contribution in [2.24, 2.45) is 0 Å². The molecule has 3 heteroatoms. The highest BCUT2D eigenvalue weighted by atomic mass is 31.0. The Hall–Kier alpha value is 0.607. The van der Waals surface area contributed by atoms with Crippen molar-refractivity contribution < 1.29 is 4.80 Å². The lowest BCUT2D eigenvalue weighted by atomic mass is 10.4. The summed E-state index contributed by atoms with van der Waals surface area (Å²) in [5.41, 5.74) is 0. The van der Waals surface area contributed by atoms with Crippen molar-refractivity contribution in [2.75, 3.05) is 6.16 Å². The van der Waals surface area contributed by atoms with Gasteiger partial charge in [-0.2, -0.15) is 0 Å². The molecule has 0 bridgehead atoms. The zero-order valence-corrected chi connectivity index (χ0v) is 8.30. The fourth-order valence-electron chi connectivity index (χ4n) is 0.204. The van der Waals surface area contributed by atoms with Crippen LogP contribution < -0.4 is 0 Å². The van der Waals surface area contributed by atoms with Gasteiger partial charge >= 0.3 is 0 Å². The molecular formula is C4H15OPSi. The third-order valence-corrected chi connectivity index (χ3v) is 0.966. The van der Waals surface area contributed by atoms with E-state index in [4.69, 9.17) is 4.80 Å². The lowest BCUT2D eigenvalue weighted by molar-refractivity contribution is 0.629. The molecule has 1 nitrogen and oxygen atoms in total. The second kappa shape index (κ2) is 16.0. The third kappa shape index (κ3) is 20.6. The molecule has 0 amide bonds. The van der Waals surface area contributed by atoms with Gasteiger partial charge in [0.25, 0.3) is 0 Å². The van der Waals surface area contributed by atoms with Gasteiger partial charge in [0, 0.05) is 0 Å². The van der Waals surface area contributed by atoms with Crippen LogP contribution in [0.1, 0.15) is 19.8 Å². The highest BCUT2D eigenvalue weighted by Gasteiger charge is 1.68. The highest BCUT2D eigenvalue weighted by Crippen LogP contribution is 1.89. The van der Waals surface area contributed by atoms with Gasteiger partial charge in [0.1, 0.15) is 10.5 Å². The lowest BCUT2D eigenvalue weighted by Gasteiger charge is -1.79. The molecule has 0 aliphatic heterocycles. The fourth-order valence-corrected chi connectivity index (χ4v) is 0.612. The minimum atomic E-state index is 0.306. The van der Waals surface area contributed by atoms with Crippen LogP contribution in [0, 0.1) is 0 Å². The molecule has 7 heavy (non-hydrogen) atoms. The van der Waals surface area contributed by atoms with E-state index in [2.05, 4.69) is 16.2 Å². The predicted octanol–water partition coefficient (Wildman–Crippen LogP) is -0.0793. The molecule has 1 atom stereocenters. The summed E-state index contributed by atoms with van der Waals surface area (Å²) in [5.74, 6) is 0. The number of hydrogen-bond donors (Lipinski definition) is 1. The van der Waals surface area contributed by atoms with Crippen molar-refractivity contribution in [3.05, 3.63) is 0 Å². The molecule has 0 aromatic heterocycles. The SMILES string of the molecule is CCCCP.O[SiH3]. The van der Waals surface area contributed by atoms with Crippen LogP contribution >= 0.6 is 9.24 Å². The standard InChI is InChI=1S/C4H11P.H4OSi/c1-2-3-4-5;1-2/h2-5H2,1H3;1H,2H3. The molecule has 0 spiro atoms.